The van der Waals surface area contributed by atoms with E-state index in [1.807, 2.05) is 33.8 Å². The highest BCUT2D eigenvalue weighted by atomic mass is 16.5. The Morgan fingerprint density at radius 3 is 2.55 bits per heavy atom. The van der Waals surface area contributed by atoms with Crippen molar-refractivity contribution >= 4 is 11.6 Å². The molecule has 0 fully saturated rings. The molecule has 1 aromatic rings. The Hall–Kier alpha value is -1.62. The fraction of sp³-hybridized carbons (Fsp3) is 0.600. The van der Waals surface area contributed by atoms with E-state index in [0.717, 1.165) is 5.56 Å². The normalized spacial score (nSPS) is 13.7. The maximum Gasteiger partial charge on any atom is 0.256 e. The van der Waals surface area contributed by atoms with E-state index in [1.54, 1.807) is 13.1 Å². The lowest BCUT2D eigenvalue weighted by Gasteiger charge is -2.26. The van der Waals surface area contributed by atoms with Gasteiger partial charge in [-0.05, 0) is 40.2 Å². The van der Waals surface area contributed by atoms with E-state index in [-0.39, 0.29) is 5.91 Å². The van der Waals surface area contributed by atoms with Crippen molar-refractivity contribution in [2.45, 2.75) is 46.6 Å². The molecule has 5 nitrogen and oxygen atoms in total. The van der Waals surface area contributed by atoms with Gasteiger partial charge in [0.1, 0.15) is 5.60 Å². The Kier molecular flexibility index (Phi) is 5.95. The summed E-state index contributed by atoms with van der Waals surface area (Å²) in [4.78, 5) is 16.5. The minimum Gasteiger partial charge on any atom is -0.478 e. The molecular weight excluding hydrogens is 256 g/mol. The van der Waals surface area contributed by atoms with Gasteiger partial charge < -0.3 is 14.8 Å². The molecule has 0 aliphatic heterocycles. The molecule has 5 heteroatoms. The largest absolute Gasteiger partial charge is 0.478 e. The zero-order valence-corrected chi connectivity index (χ0v) is 12.9. The number of pyridine rings is 1. The molecule has 0 aliphatic carbocycles. The standard InChI is InChI=1S/C15H24N2O3/c1-6-15(5,20-8-3)14(18)17-12-9-11(4)13(16-10-12)19-7-2/h9-10H,6-8H2,1-5H3,(H,17,18)/t15-/m0/s1. The number of anilines is 1. The third kappa shape index (κ3) is 3.93. The van der Waals surface area contributed by atoms with Crippen LogP contribution in [0.5, 0.6) is 5.88 Å². The summed E-state index contributed by atoms with van der Waals surface area (Å²) in [6.07, 6.45) is 2.20. The number of carbonyl (C=O) groups is 1. The number of hydrogen-bond donors (Lipinski definition) is 1. The smallest absolute Gasteiger partial charge is 0.256 e. The molecule has 0 unspecified atom stereocenters. The maximum absolute atomic E-state index is 12.3. The van der Waals surface area contributed by atoms with Crippen molar-refractivity contribution in [1.82, 2.24) is 4.98 Å². The van der Waals surface area contributed by atoms with E-state index in [2.05, 4.69) is 10.3 Å². The van der Waals surface area contributed by atoms with Gasteiger partial charge in [-0.2, -0.15) is 0 Å². The predicted molar refractivity (Wildman–Crippen MR) is 79.1 cm³/mol. The van der Waals surface area contributed by atoms with E-state index in [0.29, 0.717) is 31.2 Å². The Balaban J connectivity index is 2.82. The molecule has 1 amide bonds. The highest BCUT2D eigenvalue weighted by Crippen LogP contribution is 2.21. The molecule has 1 atom stereocenters. The quantitative estimate of drug-likeness (QED) is 0.834. The van der Waals surface area contributed by atoms with Crippen molar-refractivity contribution in [2.24, 2.45) is 0 Å². The lowest BCUT2D eigenvalue weighted by atomic mass is 10.0. The zero-order valence-electron chi connectivity index (χ0n) is 12.9. The van der Waals surface area contributed by atoms with Crippen LogP contribution in [-0.2, 0) is 9.53 Å². The van der Waals surface area contributed by atoms with Crippen molar-refractivity contribution in [3.63, 3.8) is 0 Å². The lowest BCUT2D eigenvalue weighted by Crippen LogP contribution is -2.42. The number of aromatic nitrogens is 1. The summed E-state index contributed by atoms with van der Waals surface area (Å²) in [5.74, 6) is 0.431. The van der Waals surface area contributed by atoms with Gasteiger partial charge in [0.05, 0.1) is 18.5 Å². The number of aryl methyl sites for hydroxylation is 1. The summed E-state index contributed by atoms with van der Waals surface area (Å²) in [5.41, 5.74) is 0.718. The molecule has 0 radical (unpaired) electrons. The molecule has 1 N–H and O–H groups in total. The molecule has 0 bridgehead atoms. The number of carbonyl (C=O) groups excluding carboxylic acids is 1. The van der Waals surface area contributed by atoms with Crippen molar-refractivity contribution < 1.29 is 14.3 Å². The summed E-state index contributed by atoms with van der Waals surface area (Å²) < 4.78 is 10.9. The number of amides is 1. The first-order valence-electron chi connectivity index (χ1n) is 7.01. The highest BCUT2D eigenvalue weighted by Gasteiger charge is 2.31. The van der Waals surface area contributed by atoms with E-state index in [9.17, 15) is 4.79 Å². The van der Waals surface area contributed by atoms with Crippen LogP contribution in [0.25, 0.3) is 0 Å². The van der Waals surface area contributed by atoms with Gasteiger partial charge in [0.15, 0.2) is 0 Å². The molecule has 0 saturated carbocycles. The van der Waals surface area contributed by atoms with Crippen LogP contribution < -0.4 is 10.1 Å². The van der Waals surface area contributed by atoms with E-state index < -0.39 is 5.60 Å². The van der Waals surface area contributed by atoms with Gasteiger partial charge in [0.2, 0.25) is 5.88 Å². The van der Waals surface area contributed by atoms with Gasteiger partial charge in [-0.1, -0.05) is 6.92 Å². The van der Waals surface area contributed by atoms with Crippen LogP contribution in [0.4, 0.5) is 5.69 Å². The first kappa shape index (κ1) is 16.4. The minimum atomic E-state index is -0.818. The average Bonchev–Trinajstić information content (AvgIpc) is 2.42. The molecule has 112 valence electrons. The Bertz CT molecular complexity index is 462. The molecule has 20 heavy (non-hydrogen) atoms. The second-order valence-corrected chi connectivity index (χ2v) is 4.75. The van der Waals surface area contributed by atoms with Crippen molar-refractivity contribution in [3.05, 3.63) is 17.8 Å². The van der Waals surface area contributed by atoms with Crippen LogP contribution in [0.3, 0.4) is 0 Å². The van der Waals surface area contributed by atoms with Gasteiger partial charge in [0, 0.05) is 12.2 Å². The number of hydrogen-bond acceptors (Lipinski definition) is 4. The van der Waals surface area contributed by atoms with Crippen LogP contribution >= 0.6 is 0 Å². The lowest BCUT2D eigenvalue weighted by molar-refractivity contribution is -0.139. The van der Waals surface area contributed by atoms with E-state index in [1.165, 1.54) is 0 Å². The first-order valence-corrected chi connectivity index (χ1v) is 7.01. The second kappa shape index (κ2) is 7.24. The Morgan fingerprint density at radius 2 is 2.05 bits per heavy atom. The summed E-state index contributed by atoms with van der Waals surface area (Å²) in [5, 5.41) is 2.85. The summed E-state index contributed by atoms with van der Waals surface area (Å²) in [6.45, 7) is 10.5. The molecular formula is C15H24N2O3. The van der Waals surface area contributed by atoms with Crippen LogP contribution in [0.1, 0.15) is 39.7 Å². The fourth-order valence-electron chi connectivity index (χ4n) is 1.83. The van der Waals surface area contributed by atoms with E-state index >= 15 is 0 Å². The minimum absolute atomic E-state index is 0.160. The van der Waals surface area contributed by atoms with Gasteiger partial charge in [0.25, 0.3) is 5.91 Å². The average molecular weight is 280 g/mol. The molecule has 0 spiro atoms. The van der Waals surface area contributed by atoms with Gasteiger partial charge in [-0.25, -0.2) is 4.98 Å². The Labute approximate surface area is 120 Å². The van der Waals surface area contributed by atoms with Crippen LogP contribution in [-0.4, -0.2) is 29.7 Å². The number of nitrogens with zero attached hydrogens (tertiary/aromatic N) is 1. The molecule has 1 rings (SSSR count). The SMILES string of the molecule is CCOc1ncc(NC(=O)[C@](C)(CC)OCC)cc1C. The number of nitrogens with one attached hydrogen (secondary N) is 1. The fourth-order valence-corrected chi connectivity index (χ4v) is 1.83. The highest BCUT2D eigenvalue weighted by molar-refractivity contribution is 5.97. The first-order chi connectivity index (χ1) is 9.46. The molecule has 1 aromatic heterocycles. The van der Waals surface area contributed by atoms with Gasteiger partial charge in [-0.3, -0.25) is 4.79 Å². The topological polar surface area (TPSA) is 60.5 Å². The molecule has 0 saturated heterocycles. The summed E-state index contributed by atoms with van der Waals surface area (Å²) >= 11 is 0. The number of rotatable bonds is 7. The van der Waals surface area contributed by atoms with Gasteiger partial charge in [-0.15, -0.1) is 0 Å². The second-order valence-electron chi connectivity index (χ2n) is 4.75. The monoisotopic (exact) mass is 280 g/mol. The maximum atomic E-state index is 12.3. The van der Waals surface area contributed by atoms with Crippen molar-refractivity contribution in [3.8, 4) is 5.88 Å². The predicted octanol–water partition coefficient (Wildman–Crippen LogP) is 2.93. The molecule has 0 aliphatic rings. The van der Waals surface area contributed by atoms with Crippen molar-refractivity contribution in [1.29, 1.82) is 0 Å². The van der Waals surface area contributed by atoms with Crippen LogP contribution in [0, 0.1) is 6.92 Å². The summed E-state index contributed by atoms with van der Waals surface area (Å²) in [7, 11) is 0. The zero-order chi connectivity index (χ0) is 15.2. The van der Waals surface area contributed by atoms with Crippen molar-refractivity contribution in [2.75, 3.05) is 18.5 Å². The third-order valence-corrected chi connectivity index (χ3v) is 3.19. The molecule has 0 aromatic carbocycles. The third-order valence-electron chi connectivity index (χ3n) is 3.19. The van der Waals surface area contributed by atoms with Gasteiger partial charge >= 0.3 is 0 Å². The summed E-state index contributed by atoms with van der Waals surface area (Å²) in [6, 6.07) is 1.85. The van der Waals surface area contributed by atoms with Crippen LogP contribution in [0.2, 0.25) is 0 Å². The Morgan fingerprint density at radius 1 is 1.35 bits per heavy atom. The molecule has 1 heterocycles. The van der Waals surface area contributed by atoms with Crippen LogP contribution in [0.15, 0.2) is 12.3 Å². The number of ether oxygens (including phenoxy) is 2. The van der Waals surface area contributed by atoms with E-state index in [4.69, 9.17) is 9.47 Å².